The van der Waals surface area contributed by atoms with Crippen molar-refractivity contribution in [1.82, 2.24) is 0 Å². The molecule has 0 radical (unpaired) electrons. The van der Waals surface area contributed by atoms with Crippen molar-refractivity contribution in [2.24, 2.45) is 0 Å². The summed E-state index contributed by atoms with van der Waals surface area (Å²) in [7, 11) is 0. The van der Waals surface area contributed by atoms with E-state index in [1.54, 1.807) is 24.3 Å². The molecule has 0 spiro atoms. The summed E-state index contributed by atoms with van der Waals surface area (Å²) in [4.78, 5) is 0. The molecule has 0 unspecified atom stereocenters. The third kappa shape index (κ3) is 2.56. The standard InChI is InChI=1S/C14H11NO2/c15-9-11-3-1-10(2-4-11)7-12-5-6-13(16)8-14(12)17/h1-6,8,16-17H,7H2. The number of nitriles is 1. The van der Waals surface area contributed by atoms with E-state index in [0.717, 1.165) is 11.1 Å². The zero-order valence-corrected chi connectivity index (χ0v) is 9.09. The van der Waals surface area contributed by atoms with Gasteiger partial charge >= 0.3 is 0 Å². The van der Waals surface area contributed by atoms with Gasteiger partial charge in [-0.1, -0.05) is 18.2 Å². The lowest BCUT2D eigenvalue weighted by atomic mass is 10.0. The van der Waals surface area contributed by atoms with E-state index < -0.39 is 0 Å². The molecule has 0 atom stereocenters. The third-order valence-corrected chi connectivity index (χ3v) is 2.55. The van der Waals surface area contributed by atoms with E-state index >= 15 is 0 Å². The van der Waals surface area contributed by atoms with E-state index in [0.29, 0.717) is 12.0 Å². The maximum Gasteiger partial charge on any atom is 0.122 e. The largest absolute Gasteiger partial charge is 0.508 e. The summed E-state index contributed by atoms with van der Waals surface area (Å²) in [5.41, 5.74) is 2.36. The van der Waals surface area contributed by atoms with Crippen LogP contribution in [0.5, 0.6) is 11.5 Å². The van der Waals surface area contributed by atoms with Crippen LogP contribution >= 0.6 is 0 Å². The predicted molar refractivity (Wildman–Crippen MR) is 63.7 cm³/mol. The first kappa shape index (κ1) is 11.0. The van der Waals surface area contributed by atoms with Crippen LogP contribution in [0.3, 0.4) is 0 Å². The molecule has 0 amide bonds. The van der Waals surface area contributed by atoms with E-state index in [1.165, 1.54) is 6.07 Å². The lowest BCUT2D eigenvalue weighted by molar-refractivity contribution is 0.447. The van der Waals surface area contributed by atoms with Crippen LogP contribution < -0.4 is 0 Å². The Labute approximate surface area is 99.2 Å². The summed E-state index contributed by atoms with van der Waals surface area (Å²) in [5.74, 6) is 0.125. The highest BCUT2D eigenvalue weighted by Gasteiger charge is 2.03. The molecule has 0 aromatic heterocycles. The zero-order chi connectivity index (χ0) is 12.3. The quantitative estimate of drug-likeness (QED) is 0.825. The van der Waals surface area contributed by atoms with Crippen molar-refractivity contribution >= 4 is 0 Å². The SMILES string of the molecule is N#Cc1ccc(Cc2ccc(O)cc2O)cc1. The Bertz CT molecular complexity index is 568. The van der Waals surface area contributed by atoms with Crippen LogP contribution in [0.25, 0.3) is 0 Å². The minimum atomic E-state index is 0.0473. The van der Waals surface area contributed by atoms with Gasteiger partial charge in [0.25, 0.3) is 0 Å². The highest BCUT2D eigenvalue weighted by molar-refractivity contribution is 5.42. The lowest BCUT2D eigenvalue weighted by Gasteiger charge is -2.05. The fourth-order valence-electron chi connectivity index (χ4n) is 1.62. The number of hydrogen-bond acceptors (Lipinski definition) is 3. The Balaban J connectivity index is 2.23. The Morgan fingerprint density at radius 1 is 1.00 bits per heavy atom. The number of aromatic hydroxyl groups is 2. The van der Waals surface area contributed by atoms with Crippen LogP contribution in [-0.2, 0) is 6.42 Å². The summed E-state index contributed by atoms with van der Waals surface area (Å²) in [6.45, 7) is 0. The highest BCUT2D eigenvalue weighted by Crippen LogP contribution is 2.24. The predicted octanol–water partition coefficient (Wildman–Crippen LogP) is 2.56. The fraction of sp³-hybridized carbons (Fsp3) is 0.0714. The van der Waals surface area contributed by atoms with E-state index in [2.05, 4.69) is 6.07 Å². The second-order valence-corrected chi connectivity index (χ2v) is 3.80. The molecule has 0 fully saturated rings. The Morgan fingerprint density at radius 3 is 2.29 bits per heavy atom. The van der Waals surface area contributed by atoms with Crippen LogP contribution in [0.15, 0.2) is 42.5 Å². The van der Waals surface area contributed by atoms with E-state index in [9.17, 15) is 10.2 Å². The minimum absolute atomic E-state index is 0.0473. The fourth-order valence-corrected chi connectivity index (χ4v) is 1.62. The molecule has 2 aromatic rings. The van der Waals surface area contributed by atoms with Crippen LogP contribution in [0.1, 0.15) is 16.7 Å². The average molecular weight is 225 g/mol. The lowest BCUT2D eigenvalue weighted by Crippen LogP contribution is -1.89. The van der Waals surface area contributed by atoms with Crippen molar-refractivity contribution < 1.29 is 10.2 Å². The van der Waals surface area contributed by atoms with Gasteiger partial charge in [-0.2, -0.15) is 5.26 Å². The molecule has 2 aromatic carbocycles. The number of phenols is 2. The Morgan fingerprint density at radius 2 is 1.71 bits per heavy atom. The molecular weight excluding hydrogens is 214 g/mol. The van der Waals surface area contributed by atoms with E-state index in [-0.39, 0.29) is 11.5 Å². The molecule has 0 aliphatic carbocycles. The molecule has 0 bridgehead atoms. The average Bonchev–Trinajstić information content (AvgIpc) is 2.34. The van der Waals surface area contributed by atoms with Crippen LogP contribution in [0, 0.1) is 11.3 Å². The molecule has 0 aliphatic rings. The van der Waals surface area contributed by atoms with Gasteiger partial charge in [0.15, 0.2) is 0 Å². The minimum Gasteiger partial charge on any atom is -0.508 e. The first-order valence-electron chi connectivity index (χ1n) is 5.19. The van der Waals surface area contributed by atoms with Crippen molar-refractivity contribution in [2.75, 3.05) is 0 Å². The first-order chi connectivity index (χ1) is 8.19. The monoisotopic (exact) mass is 225 g/mol. The molecule has 0 heterocycles. The van der Waals surface area contributed by atoms with Crippen LogP contribution in [0.4, 0.5) is 0 Å². The topological polar surface area (TPSA) is 64.2 Å². The van der Waals surface area contributed by atoms with Crippen molar-refractivity contribution in [3.05, 3.63) is 59.2 Å². The van der Waals surface area contributed by atoms with Crippen molar-refractivity contribution in [2.45, 2.75) is 6.42 Å². The van der Waals surface area contributed by atoms with Gasteiger partial charge in [-0.15, -0.1) is 0 Å². The number of benzene rings is 2. The Hall–Kier alpha value is -2.47. The van der Waals surface area contributed by atoms with Gasteiger partial charge in [-0.3, -0.25) is 0 Å². The second kappa shape index (κ2) is 4.58. The van der Waals surface area contributed by atoms with E-state index in [4.69, 9.17) is 5.26 Å². The third-order valence-electron chi connectivity index (χ3n) is 2.55. The summed E-state index contributed by atoms with van der Waals surface area (Å²) in [6, 6.07) is 13.8. The number of phenolic OH excluding ortho intramolecular Hbond substituents is 2. The summed E-state index contributed by atoms with van der Waals surface area (Å²) < 4.78 is 0. The molecule has 17 heavy (non-hydrogen) atoms. The first-order valence-corrected chi connectivity index (χ1v) is 5.19. The van der Waals surface area contributed by atoms with Gasteiger partial charge in [0.1, 0.15) is 11.5 Å². The summed E-state index contributed by atoms with van der Waals surface area (Å²) in [6.07, 6.45) is 0.567. The van der Waals surface area contributed by atoms with Gasteiger partial charge in [-0.05, 0) is 29.3 Å². The Kier molecular flexibility index (Phi) is 2.97. The van der Waals surface area contributed by atoms with Gasteiger partial charge in [0.2, 0.25) is 0 Å². The van der Waals surface area contributed by atoms with Gasteiger partial charge in [-0.25, -0.2) is 0 Å². The molecule has 0 saturated heterocycles. The summed E-state index contributed by atoms with van der Waals surface area (Å²) in [5, 5.41) is 27.5. The highest BCUT2D eigenvalue weighted by atomic mass is 16.3. The molecule has 3 heteroatoms. The van der Waals surface area contributed by atoms with Crippen LogP contribution in [0.2, 0.25) is 0 Å². The molecule has 2 N–H and O–H groups in total. The van der Waals surface area contributed by atoms with Crippen molar-refractivity contribution in [1.29, 1.82) is 5.26 Å². The zero-order valence-electron chi connectivity index (χ0n) is 9.09. The normalized spacial score (nSPS) is 9.82. The molecule has 0 saturated carbocycles. The maximum absolute atomic E-state index is 9.64. The number of rotatable bonds is 2. The van der Waals surface area contributed by atoms with Gasteiger partial charge < -0.3 is 10.2 Å². The van der Waals surface area contributed by atoms with Crippen LogP contribution in [-0.4, -0.2) is 10.2 Å². The molecule has 2 rings (SSSR count). The van der Waals surface area contributed by atoms with Crippen molar-refractivity contribution in [3.8, 4) is 17.6 Å². The summed E-state index contributed by atoms with van der Waals surface area (Å²) >= 11 is 0. The molecule has 0 aliphatic heterocycles. The second-order valence-electron chi connectivity index (χ2n) is 3.80. The molecule has 3 nitrogen and oxygen atoms in total. The number of hydrogen-bond donors (Lipinski definition) is 2. The molecular formula is C14H11NO2. The molecule has 84 valence electrons. The smallest absolute Gasteiger partial charge is 0.122 e. The van der Waals surface area contributed by atoms with Gasteiger partial charge in [0, 0.05) is 12.5 Å². The maximum atomic E-state index is 9.64. The number of nitrogens with zero attached hydrogens (tertiary/aromatic N) is 1. The van der Waals surface area contributed by atoms with Gasteiger partial charge in [0.05, 0.1) is 11.6 Å². The van der Waals surface area contributed by atoms with E-state index in [1.807, 2.05) is 12.1 Å². The van der Waals surface area contributed by atoms with Crippen molar-refractivity contribution in [3.63, 3.8) is 0 Å².